The number of aromatic nitrogens is 4. The Kier molecular flexibility index (Phi) is 6.34. The number of aryl methyl sites for hydroxylation is 1. The van der Waals surface area contributed by atoms with E-state index in [9.17, 15) is 26.3 Å². The largest absolute Gasteiger partial charge is 0.433 e. The van der Waals surface area contributed by atoms with Crippen LogP contribution < -0.4 is 15.1 Å². The van der Waals surface area contributed by atoms with Crippen molar-refractivity contribution in [2.45, 2.75) is 50.6 Å². The monoisotopic (exact) mass is 551 g/mol. The molecular formula is C26H27F6N7. The van der Waals surface area contributed by atoms with Crippen LogP contribution in [-0.4, -0.2) is 45.4 Å². The molecular weight excluding hydrogens is 524 g/mol. The third-order valence-corrected chi connectivity index (χ3v) is 7.93. The van der Waals surface area contributed by atoms with Gasteiger partial charge in [-0.05, 0) is 73.9 Å². The normalized spacial score (nSPS) is 23.5. The number of piperidine rings is 1. The summed E-state index contributed by atoms with van der Waals surface area (Å²) in [6.07, 6.45) is -4.09. The lowest BCUT2D eigenvalue weighted by Crippen LogP contribution is -2.48. The summed E-state index contributed by atoms with van der Waals surface area (Å²) < 4.78 is 80.5. The van der Waals surface area contributed by atoms with Crippen LogP contribution in [-0.2, 0) is 18.9 Å². The van der Waals surface area contributed by atoms with Gasteiger partial charge in [-0.15, -0.1) is 5.10 Å². The molecule has 3 aromatic rings. The maximum absolute atomic E-state index is 13.2. The van der Waals surface area contributed by atoms with Gasteiger partial charge in [0.2, 0.25) is 11.9 Å². The minimum absolute atomic E-state index is 0.0799. The van der Waals surface area contributed by atoms with Crippen molar-refractivity contribution in [2.75, 3.05) is 34.8 Å². The van der Waals surface area contributed by atoms with Crippen LogP contribution in [0.3, 0.4) is 0 Å². The smallest absolute Gasteiger partial charge is 0.371 e. The third kappa shape index (κ3) is 5.10. The maximum atomic E-state index is 13.2. The zero-order valence-electron chi connectivity index (χ0n) is 20.9. The Morgan fingerprint density at radius 1 is 0.821 bits per heavy atom. The summed E-state index contributed by atoms with van der Waals surface area (Å²) in [5, 5.41) is 8.17. The first-order valence-electron chi connectivity index (χ1n) is 13.0. The average Bonchev–Trinajstić information content (AvgIpc) is 3.30. The Morgan fingerprint density at radius 3 is 2.18 bits per heavy atom. The van der Waals surface area contributed by atoms with Gasteiger partial charge in [-0.2, -0.15) is 31.3 Å². The van der Waals surface area contributed by atoms with E-state index in [-0.39, 0.29) is 17.9 Å². The van der Waals surface area contributed by atoms with Crippen LogP contribution in [0.4, 0.5) is 49.6 Å². The summed E-state index contributed by atoms with van der Waals surface area (Å²) in [6, 6.07) is 7.87. The molecule has 39 heavy (non-hydrogen) atoms. The van der Waals surface area contributed by atoms with E-state index in [1.165, 1.54) is 18.3 Å². The van der Waals surface area contributed by atoms with Gasteiger partial charge in [-0.3, -0.25) is 4.98 Å². The summed E-state index contributed by atoms with van der Waals surface area (Å²) in [5.74, 6) is 1.46. The molecule has 0 spiro atoms. The molecule has 2 fully saturated rings. The van der Waals surface area contributed by atoms with Crippen molar-refractivity contribution >= 4 is 23.3 Å². The molecule has 208 valence electrons. The van der Waals surface area contributed by atoms with E-state index >= 15 is 0 Å². The lowest BCUT2D eigenvalue weighted by molar-refractivity contribution is -0.141. The molecule has 2 aliphatic heterocycles. The van der Waals surface area contributed by atoms with Crippen LogP contribution in [0.2, 0.25) is 0 Å². The zero-order chi connectivity index (χ0) is 27.4. The van der Waals surface area contributed by atoms with Gasteiger partial charge in [-0.1, -0.05) is 0 Å². The Labute approximate surface area is 220 Å². The predicted molar refractivity (Wildman–Crippen MR) is 133 cm³/mol. The number of nitrogens with zero attached hydrogens (tertiary/aromatic N) is 6. The van der Waals surface area contributed by atoms with E-state index in [0.29, 0.717) is 49.5 Å². The molecule has 1 aliphatic carbocycles. The standard InChI is InChI=1S/C26H27F6N7/c27-25(28,29)18-5-7-19(8-6-18)38-11-1-2-12-39-24(38)35-23(36-39)34-22-16-3-4-17(22)15-37(14-16)20-9-10-33-21(13-20)26(30,31)32/h5-10,13,16-17,22H,1-4,11-12,14-15H2,(H,34,36)/t16-,17-/m1/s1. The molecule has 4 heterocycles. The van der Waals surface area contributed by atoms with Crippen LogP contribution in [0.25, 0.3) is 0 Å². The van der Waals surface area contributed by atoms with Crippen molar-refractivity contribution in [3.8, 4) is 0 Å². The Bertz CT molecular complexity index is 1310. The Balaban J connectivity index is 1.19. The highest BCUT2D eigenvalue weighted by molar-refractivity contribution is 5.59. The van der Waals surface area contributed by atoms with Crippen molar-refractivity contribution in [2.24, 2.45) is 11.8 Å². The molecule has 13 heteroatoms. The summed E-state index contributed by atoms with van der Waals surface area (Å²) >= 11 is 0. The number of hydrogen-bond acceptors (Lipinski definition) is 6. The molecule has 6 rings (SSSR count). The van der Waals surface area contributed by atoms with Crippen LogP contribution in [0.1, 0.15) is 36.9 Å². The summed E-state index contributed by atoms with van der Waals surface area (Å²) in [5.41, 5.74) is -0.456. The second-order valence-electron chi connectivity index (χ2n) is 10.4. The molecule has 7 nitrogen and oxygen atoms in total. The number of pyridine rings is 1. The summed E-state index contributed by atoms with van der Waals surface area (Å²) in [4.78, 5) is 12.1. The fraction of sp³-hybridized carbons (Fsp3) is 0.500. The van der Waals surface area contributed by atoms with Crippen molar-refractivity contribution in [3.05, 3.63) is 53.9 Å². The van der Waals surface area contributed by atoms with Gasteiger partial charge in [0, 0.05) is 49.8 Å². The van der Waals surface area contributed by atoms with Gasteiger partial charge in [0.05, 0.1) is 5.56 Å². The first kappa shape index (κ1) is 25.8. The first-order valence-corrected chi connectivity index (χ1v) is 13.0. The van der Waals surface area contributed by atoms with Crippen LogP contribution in [0.5, 0.6) is 0 Å². The van der Waals surface area contributed by atoms with Crippen LogP contribution >= 0.6 is 0 Å². The van der Waals surface area contributed by atoms with Crippen molar-refractivity contribution in [1.29, 1.82) is 0 Å². The average molecular weight is 552 g/mol. The fourth-order valence-corrected chi connectivity index (χ4v) is 6.04. The lowest BCUT2D eigenvalue weighted by Gasteiger charge is -2.39. The van der Waals surface area contributed by atoms with Gasteiger partial charge in [0.1, 0.15) is 5.69 Å². The second kappa shape index (κ2) is 9.60. The zero-order valence-corrected chi connectivity index (χ0v) is 20.9. The number of hydrogen-bond donors (Lipinski definition) is 1. The number of alkyl halides is 6. The van der Waals surface area contributed by atoms with E-state index in [4.69, 9.17) is 4.98 Å². The molecule has 2 aromatic heterocycles. The number of rotatable bonds is 4. The molecule has 1 saturated heterocycles. The molecule has 2 bridgehead atoms. The third-order valence-electron chi connectivity index (χ3n) is 7.93. The number of halogens is 6. The van der Waals surface area contributed by atoms with Gasteiger partial charge < -0.3 is 15.1 Å². The van der Waals surface area contributed by atoms with Gasteiger partial charge in [-0.25, -0.2) is 4.68 Å². The minimum Gasteiger partial charge on any atom is -0.371 e. The van der Waals surface area contributed by atoms with E-state index < -0.39 is 23.6 Å². The van der Waals surface area contributed by atoms with Crippen molar-refractivity contribution < 1.29 is 26.3 Å². The fourth-order valence-electron chi connectivity index (χ4n) is 6.04. The quantitative estimate of drug-likeness (QED) is 0.404. The highest BCUT2D eigenvalue weighted by Crippen LogP contribution is 2.41. The van der Waals surface area contributed by atoms with E-state index in [1.807, 2.05) is 9.80 Å². The molecule has 1 aromatic carbocycles. The second-order valence-corrected chi connectivity index (χ2v) is 10.4. The molecule has 0 radical (unpaired) electrons. The van der Waals surface area contributed by atoms with Crippen LogP contribution in [0.15, 0.2) is 42.6 Å². The molecule has 1 saturated carbocycles. The Hall–Kier alpha value is -3.51. The molecule has 0 amide bonds. The van der Waals surface area contributed by atoms with E-state index in [2.05, 4.69) is 15.4 Å². The van der Waals surface area contributed by atoms with Gasteiger partial charge in [0.15, 0.2) is 0 Å². The van der Waals surface area contributed by atoms with Crippen molar-refractivity contribution in [3.63, 3.8) is 0 Å². The van der Waals surface area contributed by atoms with E-state index in [1.54, 1.807) is 10.7 Å². The predicted octanol–water partition coefficient (Wildman–Crippen LogP) is 5.97. The van der Waals surface area contributed by atoms with E-state index in [0.717, 1.165) is 43.9 Å². The highest BCUT2D eigenvalue weighted by atomic mass is 19.4. The molecule has 2 atom stereocenters. The number of nitrogens with one attached hydrogen (secondary N) is 1. The maximum Gasteiger partial charge on any atom is 0.433 e. The number of benzene rings is 1. The highest BCUT2D eigenvalue weighted by Gasteiger charge is 2.43. The Morgan fingerprint density at radius 2 is 1.51 bits per heavy atom. The minimum atomic E-state index is -4.49. The molecule has 0 unspecified atom stereocenters. The topological polar surface area (TPSA) is 62.1 Å². The number of fused-ring (bicyclic) bond motifs is 3. The van der Waals surface area contributed by atoms with Crippen molar-refractivity contribution in [1.82, 2.24) is 19.7 Å². The molecule has 3 aliphatic rings. The number of anilines is 4. The van der Waals surface area contributed by atoms with Crippen LogP contribution in [0, 0.1) is 11.8 Å². The SMILES string of the molecule is FC(F)(F)c1ccc(N2CCCCn3nc(NC4[C@@H]5CC[C@@H]4CN(c4ccnc(C(F)(F)F)c4)C5)nc32)cc1. The summed E-state index contributed by atoms with van der Waals surface area (Å²) in [6.45, 7) is 2.48. The lowest BCUT2D eigenvalue weighted by atomic mass is 9.92. The van der Waals surface area contributed by atoms with Gasteiger partial charge in [0.25, 0.3) is 0 Å². The molecule has 1 N–H and O–H groups in total. The first-order chi connectivity index (χ1) is 18.6. The summed E-state index contributed by atoms with van der Waals surface area (Å²) in [7, 11) is 0. The van der Waals surface area contributed by atoms with Gasteiger partial charge >= 0.3 is 12.4 Å².